The van der Waals surface area contributed by atoms with Crippen LogP contribution in [0.15, 0.2) is 11.3 Å². The molecule has 1 aliphatic heterocycles. The van der Waals surface area contributed by atoms with Gasteiger partial charge in [0.2, 0.25) is 0 Å². The summed E-state index contributed by atoms with van der Waals surface area (Å²) in [6.45, 7) is 5.56. The summed E-state index contributed by atoms with van der Waals surface area (Å²) in [5.41, 5.74) is 0.286. The molecule has 0 unspecified atom stereocenters. The molecule has 1 rings (SSSR count). The van der Waals surface area contributed by atoms with Crippen LogP contribution in [0.25, 0.3) is 0 Å². The fourth-order valence-electron chi connectivity index (χ4n) is 1.24. The van der Waals surface area contributed by atoms with Crippen LogP contribution in [0.1, 0.15) is 27.2 Å². The molecule has 0 N–H and O–H groups in total. The minimum Gasteiger partial charge on any atom is -0.501 e. The van der Waals surface area contributed by atoms with Crippen LogP contribution in [-0.2, 0) is 14.3 Å². The topological polar surface area (TPSA) is 35.5 Å². The van der Waals surface area contributed by atoms with E-state index >= 15 is 0 Å². The molecule has 1 heterocycles. The normalized spacial score (nSPS) is 25.2. The summed E-state index contributed by atoms with van der Waals surface area (Å²) in [7, 11) is 1.56. The molecule has 1 saturated heterocycles. The largest absolute Gasteiger partial charge is 0.501 e. The van der Waals surface area contributed by atoms with E-state index in [0.29, 0.717) is 17.8 Å². The van der Waals surface area contributed by atoms with Crippen LogP contribution in [0.3, 0.4) is 0 Å². The Morgan fingerprint density at radius 1 is 1.58 bits per heavy atom. The highest BCUT2D eigenvalue weighted by Crippen LogP contribution is 2.31. The molecule has 0 aromatic heterocycles. The van der Waals surface area contributed by atoms with Crippen LogP contribution in [0.2, 0.25) is 0 Å². The number of allylic oxidation sites excluding steroid dienone is 1. The van der Waals surface area contributed by atoms with Crippen LogP contribution >= 0.6 is 0 Å². The van der Waals surface area contributed by atoms with Gasteiger partial charge in [-0.1, -0.05) is 0 Å². The Morgan fingerprint density at radius 2 is 2.17 bits per heavy atom. The molecule has 68 valence electrons. The lowest BCUT2D eigenvalue weighted by molar-refractivity contribution is -0.143. The molecule has 3 heteroatoms. The van der Waals surface area contributed by atoms with Crippen molar-refractivity contribution in [2.45, 2.75) is 32.8 Å². The number of esters is 1. The summed E-state index contributed by atoms with van der Waals surface area (Å²) in [6.07, 6.45) is 0.630. The van der Waals surface area contributed by atoms with Gasteiger partial charge in [0.1, 0.15) is 11.4 Å². The highest BCUT2D eigenvalue weighted by Gasteiger charge is 2.37. The third-order valence-electron chi connectivity index (χ3n) is 1.95. The SMILES string of the molecule is CO/C(C)=C1\CC(C)(C)OC1=O. The smallest absolute Gasteiger partial charge is 0.338 e. The molecular formula is C9H14O3. The van der Waals surface area contributed by atoms with E-state index in [4.69, 9.17) is 9.47 Å². The first-order valence-electron chi connectivity index (χ1n) is 3.93. The number of carbonyl (C=O) groups excluding carboxylic acids is 1. The maximum atomic E-state index is 11.2. The second-order valence-corrected chi connectivity index (χ2v) is 3.56. The Balaban J connectivity index is 2.91. The fraction of sp³-hybridized carbons (Fsp3) is 0.667. The van der Waals surface area contributed by atoms with Gasteiger partial charge in [0.25, 0.3) is 0 Å². The van der Waals surface area contributed by atoms with E-state index in [-0.39, 0.29) is 11.6 Å². The molecule has 0 spiro atoms. The Morgan fingerprint density at radius 3 is 2.50 bits per heavy atom. The standard InChI is InChI=1S/C9H14O3/c1-6(11-4)7-5-9(2,3)12-8(7)10/h5H2,1-4H3/b7-6+. The van der Waals surface area contributed by atoms with Crippen molar-refractivity contribution < 1.29 is 14.3 Å². The zero-order valence-electron chi connectivity index (χ0n) is 7.93. The first-order chi connectivity index (χ1) is 5.46. The molecule has 0 bridgehead atoms. The predicted octanol–water partition coefficient (Wildman–Crippen LogP) is 1.63. The summed E-state index contributed by atoms with van der Waals surface area (Å²) in [6, 6.07) is 0. The van der Waals surface area contributed by atoms with Crippen LogP contribution < -0.4 is 0 Å². The van der Waals surface area contributed by atoms with Gasteiger partial charge in [-0.3, -0.25) is 0 Å². The Labute approximate surface area is 72.4 Å². The molecule has 0 aliphatic carbocycles. The lowest BCUT2D eigenvalue weighted by Gasteiger charge is -2.13. The highest BCUT2D eigenvalue weighted by atomic mass is 16.6. The number of hydrogen-bond donors (Lipinski definition) is 0. The predicted molar refractivity (Wildman–Crippen MR) is 44.5 cm³/mol. The molecular weight excluding hydrogens is 156 g/mol. The van der Waals surface area contributed by atoms with Crippen molar-refractivity contribution in [3.63, 3.8) is 0 Å². The van der Waals surface area contributed by atoms with Crippen LogP contribution in [0.5, 0.6) is 0 Å². The molecule has 0 atom stereocenters. The van der Waals surface area contributed by atoms with Crippen LogP contribution in [0, 0.1) is 0 Å². The second-order valence-electron chi connectivity index (χ2n) is 3.56. The number of hydrogen-bond acceptors (Lipinski definition) is 3. The summed E-state index contributed by atoms with van der Waals surface area (Å²) in [4.78, 5) is 11.2. The third kappa shape index (κ3) is 1.60. The van der Waals surface area contributed by atoms with Gasteiger partial charge < -0.3 is 9.47 Å². The van der Waals surface area contributed by atoms with Crippen molar-refractivity contribution in [1.82, 2.24) is 0 Å². The monoisotopic (exact) mass is 170 g/mol. The van der Waals surface area contributed by atoms with Gasteiger partial charge in [-0.25, -0.2) is 4.79 Å². The Bertz CT molecular complexity index is 238. The maximum Gasteiger partial charge on any atom is 0.338 e. The van der Waals surface area contributed by atoms with E-state index in [1.165, 1.54) is 0 Å². The molecule has 0 aromatic rings. The average Bonchev–Trinajstić information content (AvgIpc) is 2.23. The molecule has 1 fully saturated rings. The zero-order chi connectivity index (χ0) is 9.35. The van der Waals surface area contributed by atoms with Crippen LogP contribution in [0.4, 0.5) is 0 Å². The van der Waals surface area contributed by atoms with Gasteiger partial charge in [0.15, 0.2) is 0 Å². The van der Waals surface area contributed by atoms with E-state index in [0.717, 1.165) is 0 Å². The summed E-state index contributed by atoms with van der Waals surface area (Å²) >= 11 is 0. The van der Waals surface area contributed by atoms with Crippen molar-refractivity contribution >= 4 is 5.97 Å². The van der Waals surface area contributed by atoms with E-state index in [1.54, 1.807) is 14.0 Å². The molecule has 0 saturated carbocycles. The van der Waals surface area contributed by atoms with Crippen molar-refractivity contribution in [1.29, 1.82) is 0 Å². The average molecular weight is 170 g/mol. The fourth-order valence-corrected chi connectivity index (χ4v) is 1.24. The number of rotatable bonds is 1. The zero-order valence-corrected chi connectivity index (χ0v) is 7.93. The van der Waals surface area contributed by atoms with E-state index in [9.17, 15) is 4.79 Å². The molecule has 0 radical (unpaired) electrons. The number of carbonyl (C=O) groups is 1. The van der Waals surface area contributed by atoms with Crippen molar-refractivity contribution in [3.05, 3.63) is 11.3 Å². The number of methoxy groups -OCH3 is 1. The number of cyclic esters (lactones) is 1. The van der Waals surface area contributed by atoms with E-state index in [2.05, 4.69) is 0 Å². The van der Waals surface area contributed by atoms with Gasteiger partial charge in [-0.2, -0.15) is 0 Å². The molecule has 12 heavy (non-hydrogen) atoms. The summed E-state index contributed by atoms with van der Waals surface area (Å²) < 4.78 is 10.1. The minimum absolute atomic E-state index is 0.251. The van der Waals surface area contributed by atoms with Crippen LogP contribution in [-0.4, -0.2) is 18.7 Å². The minimum atomic E-state index is -0.369. The summed E-state index contributed by atoms with van der Waals surface area (Å²) in [5, 5.41) is 0. The number of ether oxygens (including phenoxy) is 2. The van der Waals surface area contributed by atoms with Crippen molar-refractivity contribution in [3.8, 4) is 0 Å². The Kier molecular flexibility index (Phi) is 2.13. The maximum absolute atomic E-state index is 11.2. The van der Waals surface area contributed by atoms with Gasteiger partial charge in [-0.05, 0) is 20.8 Å². The van der Waals surface area contributed by atoms with Gasteiger partial charge in [0, 0.05) is 6.42 Å². The van der Waals surface area contributed by atoms with Gasteiger partial charge >= 0.3 is 5.97 Å². The second kappa shape index (κ2) is 2.81. The van der Waals surface area contributed by atoms with Gasteiger partial charge in [-0.15, -0.1) is 0 Å². The first-order valence-corrected chi connectivity index (χ1v) is 3.93. The molecule has 1 aliphatic rings. The van der Waals surface area contributed by atoms with Crippen molar-refractivity contribution in [2.75, 3.05) is 7.11 Å². The third-order valence-corrected chi connectivity index (χ3v) is 1.95. The molecule has 0 aromatic carbocycles. The lowest BCUT2D eigenvalue weighted by Crippen LogP contribution is -2.17. The highest BCUT2D eigenvalue weighted by molar-refractivity contribution is 5.91. The molecule has 3 nitrogen and oxygen atoms in total. The van der Waals surface area contributed by atoms with Gasteiger partial charge in [0.05, 0.1) is 12.7 Å². The lowest BCUT2D eigenvalue weighted by atomic mass is 10.0. The quantitative estimate of drug-likeness (QED) is 0.341. The van der Waals surface area contributed by atoms with E-state index < -0.39 is 0 Å². The van der Waals surface area contributed by atoms with Crippen molar-refractivity contribution in [2.24, 2.45) is 0 Å². The van der Waals surface area contributed by atoms with E-state index in [1.807, 2.05) is 13.8 Å². The Hall–Kier alpha value is -0.990. The first kappa shape index (κ1) is 9.10. The molecule has 0 amide bonds. The summed E-state index contributed by atoms with van der Waals surface area (Å²) in [5.74, 6) is 0.407.